The number of rotatable bonds is 6. The zero-order valence-electron chi connectivity index (χ0n) is 16.4. The topological polar surface area (TPSA) is 59.0 Å². The summed E-state index contributed by atoms with van der Waals surface area (Å²) in [6.45, 7) is 1.94. The Labute approximate surface area is 176 Å². The van der Waals surface area contributed by atoms with Gasteiger partial charge in [0.05, 0.1) is 16.6 Å². The van der Waals surface area contributed by atoms with Gasteiger partial charge in [0.15, 0.2) is 0 Å². The van der Waals surface area contributed by atoms with Crippen molar-refractivity contribution in [1.29, 1.82) is 0 Å². The first-order valence-corrected chi connectivity index (χ1v) is 9.78. The maximum Gasteiger partial charge on any atom is 0.419 e. The second kappa shape index (κ2) is 8.95. The van der Waals surface area contributed by atoms with Crippen molar-refractivity contribution in [2.45, 2.75) is 38.4 Å². The molecule has 2 aromatic heterocycles. The zero-order chi connectivity index (χ0) is 21.9. The van der Waals surface area contributed by atoms with E-state index >= 15 is 0 Å². The maximum absolute atomic E-state index is 13.1. The number of hydrogen-bond acceptors (Lipinski definition) is 4. The predicted molar refractivity (Wildman–Crippen MR) is 108 cm³/mol. The van der Waals surface area contributed by atoms with Gasteiger partial charge < -0.3 is 4.90 Å². The molecular formula is C21H20ClF3N4O. The molecule has 0 radical (unpaired) electrons. The number of benzene rings is 1. The number of pyridine rings is 1. The average Bonchev–Trinajstić information content (AvgIpc) is 2.72. The highest BCUT2D eigenvalue weighted by molar-refractivity contribution is 6.32. The van der Waals surface area contributed by atoms with Gasteiger partial charge >= 0.3 is 6.18 Å². The van der Waals surface area contributed by atoms with Crippen molar-refractivity contribution in [2.24, 2.45) is 0 Å². The van der Waals surface area contributed by atoms with E-state index in [1.807, 2.05) is 13.0 Å². The summed E-state index contributed by atoms with van der Waals surface area (Å²) in [6.07, 6.45) is 0.231. The highest BCUT2D eigenvalue weighted by atomic mass is 35.5. The maximum atomic E-state index is 13.1. The number of aryl methyl sites for hydroxylation is 1. The van der Waals surface area contributed by atoms with Crippen molar-refractivity contribution < 1.29 is 18.0 Å². The number of aromatic nitrogens is 3. The second-order valence-electron chi connectivity index (χ2n) is 6.93. The highest BCUT2D eigenvalue weighted by Gasteiger charge is 2.31. The fourth-order valence-electron chi connectivity index (χ4n) is 3.27. The Hall–Kier alpha value is -2.74. The van der Waals surface area contributed by atoms with Crippen LogP contribution >= 0.6 is 11.6 Å². The van der Waals surface area contributed by atoms with E-state index in [0.717, 1.165) is 17.8 Å². The minimum atomic E-state index is -4.47. The Bertz CT molecular complexity index is 1040. The molecule has 0 saturated carbocycles. The van der Waals surface area contributed by atoms with Crippen LogP contribution in [0.25, 0.3) is 10.9 Å². The number of amides is 1. The molecule has 0 aliphatic carbocycles. The lowest BCUT2D eigenvalue weighted by Crippen LogP contribution is -2.37. The van der Waals surface area contributed by atoms with Crippen LogP contribution in [-0.2, 0) is 12.6 Å². The third kappa shape index (κ3) is 4.87. The first kappa shape index (κ1) is 22.0. The molecule has 2 heterocycles. The third-order valence-corrected chi connectivity index (χ3v) is 5.19. The molecule has 3 aromatic rings. The largest absolute Gasteiger partial charge is 0.419 e. The van der Waals surface area contributed by atoms with Crippen molar-refractivity contribution >= 4 is 28.4 Å². The van der Waals surface area contributed by atoms with Crippen LogP contribution in [0.1, 0.15) is 41.5 Å². The normalized spacial score (nSPS) is 12.7. The predicted octanol–water partition coefficient (Wildman–Crippen LogP) is 5.18. The van der Waals surface area contributed by atoms with Crippen LogP contribution in [0.5, 0.6) is 0 Å². The highest BCUT2D eigenvalue weighted by Crippen LogP contribution is 2.28. The first-order chi connectivity index (χ1) is 14.2. The van der Waals surface area contributed by atoms with Gasteiger partial charge in [0.25, 0.3) is 5.91 Å². The summed E-state index contributed by atoms with van der Waals surface area (Å²) in [6, 6.07) is 6.81. The van der Waals surface area contributed by atoms with Crippen molar-refractivity contribution in [1.82, 2.24) is 19.9 Å². The van der Waals surface area contributed by atoms with E-state index in [0.29, 0.717) is 41.2 Å². The number of hydrogen-bond donors (Lipinski definition) is 0. The summed E-state index contributed by atoms with van der Waals surface area (Å²) in [4.78, 5) is 26.7. The molecule has 0 unspecified atom stereocenters. The summed E-state index contributed by atoms with van der Waals surface area (Å²) >= 11 is 6.18. The number of fused-ring (bicyclic) bond motifs is 1. The first-order valence-electron chi connectivity index (χ1n) is 9.40. The standard InChI is InChI=1S/C21H20ClF3N4O/c1-3-16(6-7-18-27-11-14(12-28-18)21(23,24)25)29(2)20(30)17-10-15(22)9-13-5-4-8-26-19(13)17/h4-5,8-12,16H,3,6-7H2,1-2H3/t16-/m0/s1. The Balaban J connectivity index is 1.75. The van der Waals surface area contributed by atoms with Gasteiger partial charge in [0, 0.05) is 48.5 Å². The van der Waals surface area contributed by atoms with E-state index < -0.39 is 11.7 Å². The fourth-order valence-corrected chi connectivity index (χ4v) is 3.50. The molecule has 0 spiro atoms. The summed E-state index contributed by atoms with van der Waals surface area (Å²) in [5.41, 5.74) is 0.0930. The summed E-state index contributed by atoms with van der Waals surface area (Å²) in [5.74, 6) is 0.0820. The molecule has 1 atom stereocenters. The van der Waals surface area contributed by atoms with E-state index in [1.54, 1.807) is 36.3 Å². The van der Waals surface area contributed by atoms with E-state index in [1.165, 1.54) is 0 Å². The summed E-state index contributed by atoms with van der Waals surface area (Å²) < 4.78 is 37.9. The van der Waals surface area contributed by atoms with Crippen molar-refractivity contribution in [3.8, 4) is 0 Å². The Morgan fingerprint density at radius 3 is 2.53 bits per heavy atom. The molecule has 0 aliphatic heterocycles. The van der Waals surface area contributed by atoms with Gasteiger partial charge in [-0.3, -0.25) is 9.78 Å². The number of nitrogens with zero attached hydrogens (tertiary/aromatic N) is 4. The quantitative estimate of drug-likeness (QED) is 0.534. The van der Waals surface area contributed by atoms with E-state index in [-0.39, 0.29) is 11.9 Å². The van der Waals surface area contributed by atoms with Gasteiger partial charge in [-0.25, -0.2) is 9.97 Å². The molecule has 9 heteroatoms. The van der Waals surface area contributed by atoms with Gasteiger partial charge in [-0.2, -0.15) is 13.2 Å². The lowest BCUT2D eigenvalue weighted by molar-refractivity contribution is -0.138. The average molecular weight is 437 g/mol. The molecule has 0 fully saturated rings. The molecule has 0 bridgehead atoms. The van der Waals surface area contributed by atoms with Crippen LogP contribution in [0, 0.1) is 0 Å². The zero-order valence-corrected chi connectivity index (χ0v) is 17.2. The van der Waals surface area contributed by atoms with Crippen LogP contribution in [0.15, 0.2) is 42.9 Å². The number of halogens is 4. The lowest BCUT2D eigenvalue weighted by atomic mass is 10.0. The van der Waals surface area contributed by atoms with Crippen LogP contribution < -0.4 is 0 Å². The Morgan fingerprint density at radius 2 is 1.90 bits per heavy atom. The fraction of sp³-hybridized carbons (Fsp3) is 0.333. The second-order valence-corrected chi connectivity index (χ2v) is 7.37. The molecule has 0 N–H and O–H groups in total. The lowest BCUT2D eigenvalue weighted by Gasteiger charge is -2.27. The van der Waals surface area contributed by atoms with E-state index in [9.17, 15) is 18.0 Å². The third-order valence-electron chi connectivity index (χ3n) is 4.97. The minimum absolute atomic E-state index is 0.152. The monoisotopic (exact) mass is 436 g/mol. The van der Waals surface area contributed by atoms with Crippen molar-refractivity contribution in [3.05, 3.63) is 64.8 Å². The molecule has 3 rings (SSSR count). The molecular weight excluding hydrogens is 417 g/mol. The Kier molecular flexibility index (Phi) is 6.55. The van der Waals surface area contributed by atoms with Crippen LogP contribution in [0.3, 0.4) is 0 Å². The number of alkyl halides is 3. The number of carbonyl (C=O) groups is 1. The summed E-state index contributed by atoms with van der Waals surface area (Å²) in [7, 11) is 1.69. The molecule has 1 amide bonds. The van der Waals surface area contributed by atoms with Gasteiger partial charge in [-0.1, -0.05) is 24.6 Å². The number of carbonyl (C=O) groups excluding carboxylic acids is 1. The smallest absolute Gasteiger partial charge is 0.339 e. The van der Waals surface area contributed by atoms with E-state index in [4.69, 9.17) is 11.6 Å². The Morgan fingerprint density at radius 1 is 1.20 bits per heavy atom. The molecule has 5 nitrogen and oxygen atoms in total. The van der Waals surface area contributed by atoms with Gasteiger partial charge in [0.1, 0.15) is 5.82 Å². The summed E-state index contributed by atoms with van der Waals surface area (Å²) in [5, 5.41) is 1.21. The van der Waals surface area contributed by atoms with E-state index in [2.05, 4.69) is 15.0 Å². The van der Waals surface area contributed by atoms with Gasteiger partial charge in [0.2, 0.25) is 0 Å². The van der Waals surface area contributed by atoms with Crippen molar-refractivity contribution in [2.75, 3.05) is 7.05 Å². The van der Waals surface area contributed by atoms with Crippen molar-refractivity contribution in [3.63, 3.8) is 0 Å². The molecule has 1 aromatic carbocycles. The van der Waals surface area contributed by atoms with Crippen LogP contribution in [0.4, 0.5) is 13.2 Å². The molecule has 0 aliphatic rings. The van der Waals surface area contributed by atoms with Crippen LogP contribution in [-0.4, -0.2) is 38.8 Å². The SMILES string of the molecule is CC[C@@H](CCc1ncc(C(F)(F)F)cn1)N(C)C(=O)c1cc(Cl)cc2cccnc12. The molecule has 30 heavy (non-hydrogen) atoms. The van der Waals surface area contributed by atoms with Crippen LogP contribution in [0.2, 0.25) is 5.02 Å². The minimum Gasteiger partial charge on any atom is -0.339 e. The molecule has 0 saturated heterocycles. The van der Waals surface area contributed by atoms with Gasteiger partial charge in [-0.05, 0) is 31.0 Å². The van der Waals surface area contributed by atoms with Gasteiger partial charge in [-0.15, -0.1) is 0 Å². The molecule has 158 valence electrons.